The van der Waals surface area contributed by atoms with E-state index in [1.807, 2.05) is 42.5 Å². The van der Waals surface area contributed by atoms with Gasteiger partial charge in [-0.3, -0.25) is 14.6 Å². The van der Waals surface area contributed by atoms with E-state index in [2.05, 4.69) is 11.9 Å². The number of anilines is 1. The number of rotatable bonds is 7. The number of unbranched alkanes of at least 4 members (excludes halogenated alkanes) is 3. The summed E-state index contributed by atoms with van der Waals surface area (Å²) in [7, 11) is 0. The number of carbonyl (C=O) groups is 1. The maximum atomic E-state index is 13.3. The number of hydrogen-bond acceptors (Lipinski definition) is 6. The van der Waals surface area contributed by atoms with E-state index in [0.717, 1.165) is 24.2 Å². The predicted molar refractivity (Wildman–Crippen MR) is 129 cm³/mol. The van der Waals surface area contributed by atoms with Crippen molar-refractivity contribution in [3.05, 3.63) is 58.4 Å². The van der Waals surface area contributed by atoms with E-state index in [1.165, 1.54) is 31.5 Å². The van der Waals surface area contributed by atoms with E-state index in [0.29, 0.717) is 33.6 Å². The Morgan fingerprint density at radius 3 is 2.82 bits per heavy atom. The number of thioether (sulfide) groups is 1. The number of H-pyrrole nitrogens is 1. The third kappa shape index (κ3) is 4.04. The van der Waals surface area contributed by atoms with Gasteiger partial charge in [0.25, 0.3) is 6.17 Å². The van der Waals surface area contributed by atoms with Gasteiger partial charge in [-0.1, -0.05) is 50.1 Å². The van der Waals surface area contributed by atoms with Crippen LogP contribution in [0.4, 0.5) is 5.69 Å². The maximum Gasteiger partial charge on any atom is 0.325 e. The van der Waals surface area contributed by atoms with E-state index in [1.54, 1.807) is 9.58 Å². The van der Waals surface area contributed by atoms with Crippen LogP contribution in [0.3, 0.4) is 0 Å². The first-order chi connectivity index (χ1) is 16.6. The largest absolute Gasteiger partial charge is 0.454 e. The Balaban J connectivity index is 1.63. The molecule has 0 spiro atoms. The lowest BCUT2D eigenvalue weighted by Gasteiger charge is -2.31. The molecule has 2 aliphatic rings. The van der Waals surface area contributed by atoms with Crippen LogP contribution in [0.2, 0.25) is 0 Å². The van der Waals surface area contributed by atoms with E-state index >= 15 is 0 Å². The van der Waals surface area contributed by atoms with Crippen LogP contribution in [0.5, 0.6) is 11.5 Å². The van der Waals surface area contributed by atoms with Gasteiger partial charge in [0.15, 0.2) is 11.5 Å². The van der Waals surface area contributed by atoms with Crippen LogP contribution in [0.1, 0.15) is 51.3 Å². The molecule has 8 nitrogen and oxygen atoms in total. The molecule has 0 fully saturated rings. The van der Waals surface area contributed by atoms with E-state index in [9.17, 15) is 9.59 Å². The van der Waals surface area contributed by atoms with E-state index in [4.69, 9.17) is 14.6 Å². The summed E-state index contributed by atoms with van der Waals surface area (Å²) in [5.41, 5.74) is 2.31. The molecule has 3 aromatic rings. The Hall–Kier alpha value is -3.33. The zero-order chi connectivity index (χ0) is 23.7. The van der Waals surface area contributed by atoms with Crippen molar-refractivity contribution in [2.24, 2.45) is 0 Å². The lowest BCUT2D eigenvalue weighted by molar-refractivity contribution is -0.763. The molecule has 1 N–H and O–H groups in total. The fraction of sp³-hybridized carbons (Fsp3) is 0.360. The Morgan fingerprint density at radius 1 is 1.18 bits per heavy atom. The number of hydrogen-bond donors (Lipinski definition) is 1. The molecule has 0 saturated carbocycles. The zero-order valence-electron chi connectivity index (χ0n) is 19.2. The maximum absolute atomic E-state index is 13.3. The lowest BCUT2D eigenvalue weighted by atomic mass is 10.0. The number of nitrogens with one attached hydrogen (secondary N) is 1. The molecule has 176 valence electrons. The summed E-state index contributed by atoms with van der Waals surface area (Å²) in [5, 5.41) is 5.37. The SMILES string of the molecule is CCCCCCSc1n[n+]2c(c(=O)[nH]1)-c1ccccc1N(C(C)=O)[C@@H]2c1ccc2c(c1)OCO2. The third-order valence-electron chi connectivity index (χ3n) is 6.03. The molecule has 1 aromatic heterocycles. The van der Waals surface area contributed by atoms with Crippen molar-refractivity contribution in [3.63, 3.8) is 0 Å². The number of ether oxygens (including phenoxy) is 2. The molecule has 1 atom stereocenters. The quantitative estimate of drug-likeness (QED) is 0.313. The highest BCUT2D eigenvalue weighted by Crippen LogP contribution is 2.40. The monoisotopic (exact) mass is 479 g/mol. The van der Waals surface area contributed by atoms with Crippen LogP contribution in [-0.2, 0) is 4.79 Å². The molecule has 0 aliphatic carbocycles. The molecule has 0 saturated heterocycles. The lowest BCUT2D eigenvalue weighted by Crippen LogP contribution is -2.60. The van der Waals surface area contributed by atoms with E-state index in [-0.39, 0.29) is 18.3 Å². The highest BCUT2D eigenvalue weighted by atomic mass is 32.2. The number of nitrogens with zero attached hydrogens (tertiary/aromatic N) is 3. The van der Waals surface area contributed by atoms with Gasteiger partial charge in [-0.2, -0.15) is 0 Å². The molecule has 2 aliphatic heterocycles. The minimum absolute atomic E-state index is 0.149. The van der Waals surface area contributed by atoms with Crippen molar-refractivity contribution in [3.8, 4) is 22.8 Å². The second-order valence-electron chi connectivity index (χ2n) is 8.35. The number of benzene rings is 2. The highest BCUT2D eigenvalue weighted by Gasteiger charge is 2.45. The van der Waals surface area contributed by atoms with Crippen molar-refractivity contribution in [1.82, 2.24) is 10.1 Å². The van der Waals surface area contributed by atoms with Gasteiger partial charge in [0.2, 0.25) is 17.9 Å². The number of aromatic amines is 1. The van der Waals surface area contributed by atoms with E-state index < -0.39 is 6.17 Å². The van der Waals surface area contributed by atoms with Crippen molar-refractivity contribution in [2.45, 2.75) is 50.9 Å². The van der Waals surface area contributed by atoms with Crippen LogP contribution in [0, 0.1) is 0 Å². The fourth-order valence-corrected chi connectivity index (χ4v) is 5.30. The summed E-state index contributed by atoms with van der Waals surface area (Å²) < 4.78 is 12.7. The summed E-state index contributed by atoms with van der Waals surface area (Å²) in [4.78, 5) is 30.9. The summed E-state index contributed by atoms with van der Waals surface area (Å²) >= 11 is 1.53. The molecular formula is C25H27N4O4S+. The standard InChI is InChI=1S/C25H26N4O4S/c1-3-4-5-8-13-34-25-26-23(31)22-18-9-6-7-10-19(18)28(16(2)30)24(29(22)27-25)17-11-12-20-21(14-17)33-15-32-20/h6-7,9-12,14,24H,3-5,8,13,15H2,1-2H3/p+1/t24-/m0/s1. The normalized spacial score (nSPS) is 15.7. The number of para-hydroxylation sites is 1. The molecule has 9 heteroatoms. The summed E-state index contributed by atoms with van der Waals surface area (Å²) in [6.45, 7) is 3.86. The minimum atomic E-state index is -0.640. The third-order valence-corrected chi connectivity index (χ3v) is 6.98. The first-order valence-electron chi connectivity index (χ1n) is 11.6. The smallest absolute Gasteiger partial charge is 0.325 e. The Morgan fingerprint density at radius 2 is 2.00 bits per heavy atom. The Labute approximate surface area is 201 Å². The van der Waals surface area contributed by atoms with Crippen LogP contribution in [-0.4, -0.2) is 28.5 Å². The van der Waals surface area contributed by atoms with Gasteiger partial charge < -0.3 is 9.47 Å². The van der Waals surface area contributed by atoms with Crippen LogP contribution in [0.25, 0.3) is 11.3 Å². The molecule has 0 radical (unpaired) electrons. The minimum Gasteiger partial charge on any atom is -0.454 e. The second-order valence-corrected chi connectivity index (χ2v) is 9.44. The number of aromatic nitrogens is 3. The van der Waals surface area contributed by atoms with Crippen LogP contribution in [0.15, 0.2) is 52.4 Å². The van der Waals surface area contributed by atoms with Gasteiger partial charge in [-0.05, 0) is 41.4 Å². The Bertz CT molecular complexity index is 1290. The van der Waals surface area contributed by atoms with Gasteiger partial charge in [-0.25, -0.2) is 4.90 Å². The zero-order valence-corrected chi connectivity index (χ0v) is 20.1. The number of fused-ring (bicyclic) bond motifs is 4. The molecule has 34 heavy (non-hydrogen) atoms. The van der Waals surface area contributed by atoms with Crippen LogP contribution >= 0.6 is 11.8 Å². The second kappa shape index (κ2) is 9.50. The molecule has 1 amide bonds. The van der Waals surface area contributed by atoms with Crippen molar-refractivity contribution in [1.29, 1.82) is 0 Å². The average Bonchev–Trinajstić information content (AvgIpc) is 3.30. The first-order valence-corrected chi connectivity index (χ1v) is 12.5. The molecular weight excluding hydrogens is 452 g/mol. The van der Waals surface area contributed by atoms with Gasteiger partial charge in [0.1, 0.15) is 0 Å². The topological polar surface area (TPSA) is 88.4 Å². The van der Waals surface area contributed by atoms with Gasteiger partial charge >= 0.3 is 11.3 Å². The summed E-state index contributed by atoms with van der Waals surface area (Å²) in [5.74, 6) is 1.98. The average molecular weight is 480 g/mol. The molecule has 3 heterocycles. The van der Waals surface area contributed by atoms with Gasteiger partial charge in [-0.15, -0.1) is 0 Å². The van der Waals surface area contributed by atoms with Crippen molar-refractivity contribution < 1.29 is 19.0 Å². The molecule has 0 bridgehead atoms. The predicted octanol–water partition coefficient (Wildman–Crippen LogP) is 4.04. The van der Waals surface area contributed by atoms with Crippen molar-refractivity contribution >= 4 is 23.4 Å². The molecule has 2 aromatic carbocycles. The fourth-order valence-electron chi connectivity index (χ4n) is 4.45. The summed E-state index contributed by atoms with van der Waals surface area (Å²) in [6.07, 6.45) is 3.93. The van der Waals surface area contributed by atoms with Gasteiger partial charge in [0, 0.05) is 23.3 Å². The molecule has 0 unspecified atom stereocenters. The number of amides is 1. The van der Waals surface area contributed by atoms with Gasteiger partial charge in [0.05, 0.1) is 11.3 Å². The molecule has 5 rings (SSSR count). The highest BCUT2D eigenvalue weighted by molar-refractivity contribution is 7.99. The first kappa shape index (κ1) is 22.5. The number of carbonyl (C=O) groups excluding carboxylic acids is 1. The summed E-state index contributed by atoms with van der Waals surface area (Å²) in [6, 6.07) is 13.0. The van der Waals surface area contributed by atoms with Crippen molar-refractivity contribution in [2.75, 3.05) is 17.4 Å². The Kier molecular flexibility index (Phi) is 6.28. The van der Waals surface area contributed by atoms with Crippen LogP contribution < -0.4 is 24.6 Å².